The Morgan fingerprint density at radius 3 is 2.00 bits per heavy atom. The summed E-state index contributed by atoms with van der Waals surface area (Å²) >= 11 is 3.57. The number of aliphatic carboxylic acids is 2. The summed E-state index contributed by atoms with van der Waals surface area (Å²) in [5.41, 5.74) is 0.380. The number of carbonyl (C=O) groups excluding carboxylic acids is 2. The zero-order valence-electron chi connectivity index (χ0n) is 19.1. The van der Waals surface area contributed by atoms with Gasteiger partial charge in [-0.25, -0.2) is 9.59 Å². The molecule has 0 aliphatic carbocycles. The largest absolute Gasteiger partial charge is 0.539 e. The number of hydrogen-bond donors (Lipinski definition) is 2. The number of ether oxygens (including phenoxy) is 4. The van der Waals surface area contributed by atoms with Crippen LogP contribution in [0.15, 0.2) is 12.1 Å². The van der Waals surface area contributed by atoms with Crippen molar-refractivity contribution in [2.45, 2.75) is 31.5 Å². The van der Waals surface area contributed by atoms with Crippen LogP contribution in [0, 0.1) is 0 Å². The molecule has 0 saturated heterocycles. The molecule has 1 aromatic rings. The van der Waals surface area contributed by atoms with Crippen LogP contribution in [0.3, 0.4) is 0 Å². The highest BCUT2D eigenvalue weighted by Gasteiger charge is 2.18. The highest BCUT2D eigenvalue weighted by atomic mass is 79.9. The van der Waals surface area contributed by atoms with Crippen molar-refractivity contribution in [2.24, 2.45) is 0 Å². The van der Waals surface area contributed by atoms with E-state index in [1.165, 1.54) is 26.2 Å². The number of likely N-dealkylation sites (N-methyl/N-ethyl adjacent to an activating group) is 1. The minimum atomic E-state index is -2.07. The second-order valence-corrected chi connectivity index (χ2v) is 8.23. The van der Waals surface area contributed by atoms with Crippen LogP contribution in [-0.2, 0) is 14.3 Å². The van der Waals surface area contributed by atoms with Gasteiger partial charge in [0.05, 0.1) is 40.0 Å². The van der Waals surface area contributed by atoms with Crippen molar-refractivity contribution in [1.82, 2.24) is 0 Å². The molecular weight excluding hydrogens is 490 g/mol. The molecule has 0 spiro atoms. The quantitative estimate of drug-likeness (QED) is 0.224. The predicted molar refractivity (Wildman–Crippen MR) is 118 cm³/mol. The number of quaternary nitrogens is 1. The lowest BCUT2D eigenvalue weighted by atomic mass is 10.2. The molecule has 2 atom stereocenters. The summed E-state index contributed by atoms with van der Waals surface area (Å²) < 4.78 is 21.2. The molecule has 32 heavy (non-hydrogen) atoms. The average Bonchev–Trinajstić information content (AvgIpc) is 2.76. The van der Waals surface area contributed by atoms with Gasteiger partial charge in [0.1, 0.15) is 13.2 Å². The van der Waals surface area contributed by atoms with Gasteiger partial charge in [0.2, 0.25) is 5.75 Å². The van der Waals surface area contributed by atoms with Crippen LogP contribution in [0.1, 0.15) is 37.0 Å². The number of hydrogen-bond acceptors (Lipinski definition) is 8. The first-order chi connectivity index (χ1) is 15.1. The van der Waals surface area contributed by atoms with Crippen LogP contribution in [0.4, 0.5) is 0 Å². The number of nitrogens with one attached hydrogen (secondary N) is 1. The second-order valence-electron chi connectivity index (χ2n) is 6.67. The number of carboxylic acids is 2. The van der Waals surface area contributed by atoms with Crippen LogP contribution >= 0.6 is 15.9 Å². The Hall–Kier alpha value is -2.53. The number of rotatable bonds is 12. The number of carbonyl (C=O) groups is 3. The summed E-state index contributed by atoms with van der Waals surface area (Å²) in [5, 5.41) is 16.3. The maximum Gasteiger partial charge on any atom is 0.351 e. The fourth-order valence-corrected chi connectivity index (χ4v) is 3.01. The van der Waals surface area contributed by atoms with Crippen molar-refractivity contribution >= 4 is 33.8 Å². The van der Waals surface area contributed by atoms with E-state index in [1.54, 1.807) is 12.1 Å². The molecule has 0 radical (unpaired) electrons. The van der Waals surface area contributed by atoms with Crippen molar-refractivity contribution in [1.29, 1.82) is 0 Å². The van der Waals surface area contributed by atoms with Crippen LogP contribution in [0.5, 0.6) is 17.2 Å². The Kier molecular flexibility index (Phi) is 14.9. The smallest absolute Gasteiger partial charge is 0.351 e. The van der Waals surface area contributed by atoms with Crippen LogP contribution in [0.25, 0.3) is 0 Å². The number of benzene rings is 1. The summed E-state index contributed by atoms with van der Waals surface area (Å²) in [7, 11) is 4.56. The minimum absolute atomic E-state index is 0.378. The molecule has 0 saturated carbocycles. The topological polar surface area (TPSA) is 136 Å². The monoisotopic (exact) mass is 521 g/mol. The molecule has 1 aromatic carbocycles. The molecule has 2 N–H and O–H groups in total. The Bertz CT molecular complexity index is 703. The maximum absolute atomic E-state index is 12.4. The first kappa shape index (κ1) is 29.5. The van der Waals surface area contributed by atoms with Gasteiger partial charge in [-0.3, -0.25) is 0 Å². The van der Waals surface area contributed by atoms with E-state index in [0.717, 1.165) is 32.5 Å². The Labute approximate surface area is 196 Å². The van der Waals surface area contributed by atoms with Crippen LogP contribution < -0.4 is 24.2 Å². The van der Waals surface area contributed by atoms with Gasteiger partial charge in [0.25, 0.3) is 0 Å². The van der Waals surface area contributed by atoms with Gasteiger partial charge in [-0.2, -0.15) is 0 Å². The Morgan fingerprint density at radius 1 is 1.09 bits per heavy atom. The molecule has 0 aromatic heterocycles. The van der Waals surface area contributed by atoms with Gasteiger partial charge in [0, 0.05) is 4.83 Å². The third kappa shape index (κ3) is 11.2. The van der Waals surface area contributed by atoms with E-state index in [0.29, 0.717) is 34.2 Å². The lowest BCUT2D eigenvalue weighted by molar-refractivity contribution is -0.898. The minimum Gasteiger partial charge on any atom is -0.539 e. The van der Waals surface area contributed by atoms with E-state index in [1.807, 2.05) is 0 Å². The van der Waals surface area contributed by atoms with Crippen molar-refractivity contribution in [3.05, 3.63) is 17.7 Å². The van der Waals surface area contributed by atoms with E-state index in [-0.39, 0.29) is 0 Å². The number of methoxy groups -OCH3 is 3. The molecule has 0 bridgehead atoms. The zero-order valence-corrected chi connectivity index (χ0v) is 20.7. The third-order valence-electron chi connectivity index (χ3n) is 4.40. The predicted octanol–water partition coefficient (Wildman–Crippen LogP) is 0.159. The molecule has 0 fully saturated rings. The standard InChI is InChI=1S/C19H30BrNO5.C2H2O4/c1-6-21(9-7-8-14(2)20)10-11-26-19(22)15-12-16(23-3)18(25-5)17(13-15)24-4;3-1(4)2(5)6/h12-14H,6-11H2,1-5H3;(H,3,4)(H,5,6). The molecule has 0 amide bonds. The van der Waals surface area contributed by atoms with Gasteiger partial charge in [0.15, 0.2) is 17.5 Å². The molecular formula is C21H32BrNO9. The molecule has 182 valence electrons. The molecule has 0 aliphatic rings. The number of carboxylic acid groups (broad SMARTS) is 2. The van der Waals surface area contributed by atoms with E-state index in [2.05, 4.69) is 29.8 Å². The Balaban J connectivity index is 0.00000140. The lowest BCUT2D eigenvalue weighted by Crippen LogP contribution is -3.12. The molecule has 10 nitrogen and oxygen atoms in total. The van der Waals surface area contributed by atoms with Crippen LogP contribution in [0.2, 0.25) is 0 Å². The van der Waals surface area contributed by atoms with Gasteiger partial charge in [-0.1, -0.05) is 22.9 Å². The number of halogens is 1. The molecule has 0 heterocycles. The fraction of sp³-hybridized carbons (Fsp3) is 0.571. The number of esters is 1. The van der Waals surface area contributed by atoms with Crippen molar-refractivity contribution in [2.75, 3.05) is 47.6 Å². The summed E-state index contributed by atoms with van der Waals surface area (Å²) in [6.07, 6.45) is 2.30. The molecule has 11 heteroatoms. The first-order valence-electron chi connectivity index (χ1n) is 10.00. The normalized spacial score (nSPS) is 11.9. The Morgan fingerprint density at radius 2 is 1.62 bits per heavy atom. The molecule has 0 aliphatic heterocycles. The number of alkyl halides is 1. The van der Waals surface area contributed by atoms with Gasteiger partial charge in [-0.05, 0) is 31.9 Å². The summed E-state index contributed by atoms with van der Waals surface area (Å²) in [6, 6.07) is 3.21. The first-order valence-corrected chi connectivity index (χ1v) is 10.9. The van der Waals surface area contributed by atoms with Gasteiger partial charge >= 0.3 is 11.9 Å². The average molecular weight is 522 g/mol. The van der Waals surface area contributed by atoms with Crippen molar-refractivity contribution < 1.29 is 48.4 Å². The summed E-state index contributed by atoms with van der Waals surface area (Å²) in [6.45, 7) is 7.57. The summed E-state index contributed by atoms with van der Waals surface area (Å²) in [5.74, 6) is -3.08. The lowest BCUT2D eigenvalue weighted by Gasteiger charge is -2.18. The summed E-state index contributed by atoms with van der Waals surface area (Å²) in [4.78, 5) is 32.4. The molecule has 2 unspecified atom stereocenters. The van der Waals surface area contributed by atoms with Crippen molar-refractivity contribution in [3.63, 3.8) is 0 Å². The highest BCUT2D eigenvalue weighted by Crippen LogP contribution is 2.38. The highest BCUT2D eigenvalue weighted by molar-refractivity contribution is 9.09. The van der Waals surface area contributed by atoms with Gasteiger partial charge < -0.3 is 38.9 Å². The van der Waals surface area contributed by atoms with E-state index in [9.17, 15) is 4.79 Å². The third-order valence-corrected chi connectivity index (χ3v) is 4.85. The second kappa shape index (κ2) is 16.2. The fourth-order valence-electron chi connectivity index (χ4n) is 2.68. The van der Waals surface area contributed by atoms with E-state index < -0.39 is 17.9 Å². The molecule has 1 rings (SSSR count). The SMILES string of the molecule is CC[NH+](CCCC(C)Br)CCOC(=O)c1cc(OC)c(OC)c(OC)c1.O=C([O-])C(=O)O. The van der Waals surface area contributed by atoms with Gasteiger partial charge in [-0.15, -0.1) is 0 Å². The van der Waals surface area contributed by atoms with E-state index in [4.69, 9.17) is 38.7 Å². The zero-order chi connectivity index (χ0) is 24.7. The van der Waals surface area contributed by atoms with Crippen molar-refractivity contribution in [3.8, 4) is 17.2 Å². The van der Waals surface area contributed by atoms with Crippen LogP contribution in [-0.4, -0.2) is 75.4 Å². The maximum atomic E-state index is 12.4. The van der Waals surface area contributed by atoms with E-state index >= 15 is 0 Å².